The van der Waals surface area contributed by atoms with Crippen molar-refractivity contribution < 1.29 is 27.9 Å². The SMILES string of the molecule is CC[C@H](NC(=O)Nc1cc(F)c(F)c(F)c1)C(=O)O. The summed E-state index contributed by atoms with van der Waals surface area (Å²) in [6, 6.07) is -0.922. The van der Waals surface area contributed by atoms with Crippen molar-refractivity contribution in [1.82, 2.24) is 5.32 Å². The van der Waals surface area contributed by atoms with Crippen LogP contribution in [-0.4, -0.2) is 23.1 Å². The monoisotopic (exact) mass is 276 g/mol. The van der Waals surface area contributed by atoms with Crippen LogP contribution in [0.25, 0.3) is 0 Å². The molecule has 0 aliphatic heterocycles. The lowest BCUT2D eigenvalue weighted by Gasteiger charge is -2.13. The number of urea groups is 1. The molecule has 3 N–H and O–H groups in total. The van der Waals surface area contributed by atoms with Gasteiger partial charge >= 0.3 is 12.0 Å². The van der Waals surface area contributed by atoms with Gasteiger partial charge in [0.1, 0.15) is 6.04 Å². The third-order valence-corrected chi connectivity index (χ3v) is 2.25. The largest absolute Gasteiger partial charge is 0.480 e. The first-order valence-electron chi connectivity index (χ1n) is 5.30. The minimum atomic E-state index is -1.65. The number of nitrogens with one attached hydrogen (secondary N) is 2. The van der Waals surface area contributed by atoms with Gasteiger partial charge in [-0.05, 0) is 6.42 Å². The molecular formula is C11H11F3N2O3. The zero-order valence-electron chi connectivity index (χ0n) is 9.84. The van der Waals surface area contributed by atoms with Crippen LogP contribution in [0.1, 0.15) is 13.3 Å². The summed E-state index contributed by atoms with van der Waals surface area (Å²) in [5.41, 5.74) is -0.325. The highest BCUT2D eigenvalue weighted by Crippen LogP contribution is 2.17. The molecule has 0 bridgehead atoms. The van der Waals surface area contributed by atoms with E-state index in [1.54, 1.807) is 0 Å². The Morgan fingerprint density at radius 3 is 2.21 bits per heavy atom. The summed E-state index contributed by atoms with van der Waals surface area (Å²) < 4.78 is 38.4. The average Bonchev–Trinajstić information content (AvgIpc) is 2.32. The van der Waals surface area contributed by atoms with Crippen molar-refractivity contribution >= 4 is 17.7 Å². The van der Waals surface area contributed by atoms with Crippen molar-refractivity contribution in [3.63, 3.8) is 0 Å². The van der Waals surface area contributed by atoms with Gasteiger partial charge < -0.3 is 15.7 Å². The molecule has 1 aromatic rings. The topological polar surface area (TPSA) is 78.4 Å². The summed E-state index contributed by atoms with van der Waals surface area (Å²) in [5, 5.41) is 12.8. The van der Waals surface area contributed by atoms with Crippen molar-refractivity contribution in [3.8, 4) is 0 Å². The Morgan fingerprint density at radius 1 is 1.26 bits per heavy atom. The number of amides is 2. The maximum atomic E-state index is 12.9. The van der Waals surface area contributed by atoms with Crippen LogP contribution in [0, 0.1) is 17.5 Å². The lowest BCUT2D eigenvalue weighted by Crippen LogP contribution is -2.42. The normalized spacial score (nSPS) is 11.8. The predicted molar refractivity (Wildman–Crippen MR) is 60.2 cm³/mol. The molecule has 0 radical (unpaired) electrons. The summed E-state index contributed by atoms with van der Waals surface area (Å²) in [5.74, 6) is -5.81. The van der Waals surface area contributed by atoms with Crippen LogP contribution >= 0.6 is 0 Å². The Hall–Kier alpha value is -2.25. The van der Waals surface area contributed by atoms with Crippen LogP contribution in [0.5, 0.6) is 0 Å². The van der Waals surface area contributed by atoms with Gasteiger partial charge in [-0.2, -0.15) is 0 Å². The number of hydrogen-bond donors (Lipinski definition) is 3. The fourth-order valence-electron chi connectivity index (χ4n) is 1.29. The predicted octanol–water partition coefficient (Wildman–Crippen LogP) is 2.09. The Balaban J connectivity index is 2.75. The van der Waals surface area contributed by atoms with Gasteiger partial charge in [0, 0.05) is 17.8 Å². The van der Waals surface area contributed by atoms with Crippen LogP contribution in [0.2, 0.25) is 0 Å². The Bertz CT molecular complexity index is 485. The zero-order chi connectivity index (χ0) is 14.6. The molecule has 19 heavy (non-hydrogen) atoms. The van der Waals surface area contributed by atoms with Crippen molar-refractivity contribution in [1.29, 1.82) is 0 Å². The Morgan fingerprint density at radius 2 is 1.79 bits per heavy atom. The van der Waals surface area contributed by atoms with Crippen molar-refractivity contribution in [2.75, 3.05) is 5.32 Å². The number of rotatable bonds is 4. The lowest BCUT2D eigenvalue weighted by atomic mass is 10.2. The fourth-order valence-corrected chi connectivity index (χ4v) is 1.29. The molecule has 1 rings (SSSR count). The first kappa shape index (κ1) is 14.8. The van der Waals surface area contributed by atoms with E-state index in [2.05, 4.69) is 5.32 Å². The molecule has 0 saturated carbocycles. The van der Waals surface area contributed by atoms with E-state index in [9.17, 15) is 22.8 Å². The van der Waals surface area contributed by atoms with Crippen LogP contribution in [-0.2, 0) is 4.79 Å². The van der Waals surface area contributed by atoms with Crippen molar-refractivity contribution in [2.24, 2.45) is 0 Å². The zero-order valence-corrected chi connectivity index (χ0v) is 9.84. The third kappa shape index (κ3) is 3.87. The van der Waals surface area contributed by atoms with E-state index in [-0.39, 0.29) is 12.1 Å². The molecule has 0 unspecified atom stereocenters. The quantitative estimate of drug-likeness (QED) is 0.737. The standard InChI is InChI=1S/C11H11F3N2O3/c1-2-8(10(17)18)16-11(19)15-5-3-6(12)9(14)7(13)4-5/h3-4,8H,2H2,1H3,(H,17,18)(H2,15,16,19)/t8-/m0/s1. The molecule has 2 amide bonds. The van der Waals surface area contributed by atoms with E-state index in [1.165, 1.54) is 6.92 Å². The lowest BCUT2D eigenvalue weighted by molar-refractivity contribution is -0.139. The second kappa shape index (κ2) is 6.07. The molecule has 0 saturated heterocycles. The Kier molecular flexibility index (Phi) is 4.74. The molecule has 0 aliphatic rings. The van der Waals surface area contributed by atoms with Gasteiger partial charge in [-0.15, -0.1) is 0 Å². The van der Waals surface area contributed by atoms with Crippen LogP contribution in [0.15, 0.2) is 12.1 Å². The maximum absolute atomic E-state index is 12.9. The van der Waals surface area contributed by atoms with E-state index in [4.69, 9.17) is 5.11 Å². The number of carboxylic acids is 1. The van der Waals surface area contributed by atoms with E-state index in [0.717, 1.165) is 0 Å². The average molecular weight is 276 g/mol. The minimum Gasteiger partial charge on any atom is -0.480 e. The molecule has 5 nitrogen and oxygen atoms in total. The van der Waals surface area contributed by atoms with Crippen molar-refractivity contribution in [3.05, 3.63) is 29.6 Å². The first-order valence-corrected chi connectivity index (χ1v) is 5.30. The fraction of sp³-hybridized carbons (Fsp3) is 0.273. The molecule has 0 aromatic heterocycles. The summed E-state index contributed by atoms with van der Waals surface area (Å²) >= 11 is 0. The van der Waals surface area contributed by atoms with Crippen LogP contribution in [0.4, 0.5) is 23.7 Å². The highest BCUT2D eigenvalue weighted by molar-refractivity contribution is 5.92. The molecule has 0 heterocycles. The highest BCUT2D eigenvalue weighted by atomic mass is 19.2. The van der Waals surface area contributed by atoms with E-state index < -0.39 is 35.5 Å². The van der Waals surface area contributed by atoms with Gasteiger partial charge in [-0.25, -0.2) is 22.8 Å². The number of hydrogen-bond acceptors (Lipinski definition) is 2. The van der Waals surface area contributed by atoms with Gasteiger partial charge in [0.2, 0.25) is 0 Å². The smallest absolute Gasteiger partial charge is 0.326 e. The first-order chi connectivity index (χ1) is 8.85. The van der Waals surface area contributed by atoms with E-state index in [1.807, 2.05) is 5.32 Å². The number of aliphatic carboxylic acids is 1. The number of anilines is 1. The van der Waals surface area contributed by atoms with Gasteiger partial charge in [0.25, 0.3) is 0 Å². The minimum absolute atomic E-state index is 0.134. The summed E-state index contributed by atoms with van der Waals surface area (Å²) in [6.45, 7) is 1.54. The molecule has 0 spiro atoms. The number of carbonyl (C=O) groups excluding carboxylic acids is 1. The van der Waals surface area contributed by atoms with Crippen molar-refractivity contribution in [2.45, 2.75) is 19.4 Å². The summed E-state index contributed by atoms with van der Waals surface area (Å²) in [6.07, 6.45) is 0.134. The molecule has 0 aliphatic carbocycles. The molecule has 0 fully saturated rings. The van der Waals surface area contributed by atoms with E-state index >= 15 is 0 Å². The molecular weight excluding hydrogens is 265 g/mol. The highest BCUT2D eigenvalue weighted by Gasteiger charge is 2.18. The molecule has 8 heteroatoms. The maximum Gasteiger partial charge on any atom is 0.326 e. The van der Waals surface area contributed by atoms with E-state index in [0.29, 0.717) is 12.1 Å². The molecule has 1 atom stereocenters. The Labute approximate surface area is 106 Å². The van der Waals surface area contributed by atoms with Crippen LogP contribution < -0.4 is 10.6 Å². The molecule has 104 valence electrons. The van der Waals surface area contributed by atoms with Gasteiger partial charge in [0.05, 0.1) is 0 Å². The third-order valence-electron chi connectivity index (χ3n) is 2.25. The molecule has 1 aromatic carbocycles. The van der Waals surface area contributed by atoms with Gasteiger partial charge in [-0.3, -0.25) is 0 Å². The van der Waals surface area contributed by atoms with Gasteiger partial charge in [-0.1, -0.05) is 6.92 Å². The second-order valence-electron chi connectivity index (χ2n) is 3.65. The number of carbonyl (C=O) groups is 2. The summed E-state index contributed by atoms with van der Waals surface area (Å²) in [7, 11) is 0. The number of benzene rings is 1. The second-order valence-corrected chi connectivity index (χ2v) is 3.65. The number of carboxylic acid groups (broad SMARTS) is 1. The summed E-state index contributed by atoms with van der Waals surface area (Å²) in [4.78, 5) is 22.0. The van der Waals surface area contributed by atoms with Crippen LogP contribution in [0.3, 0.4) is 0 Å². The number of halogens is 3. The van der Waals surface area contributed by atoms with Gasteiger partial charge in [0.15, 0.2) is 17.5 Å².